The van der Waals surface area contributed by atoms with Gasteiger partial charge in [-0.25, -0.2) is 8.42 Å². The van der Waals surface area contributed by atoms with Crippen LogP contribution in [-0.4, -0.2) is 80.3 Å². The highest BCUT2D eigenvalue weighted by Gasteiger charge is 2.31. The van der Waals surface area contributed by atoms with Crippen molar-refractivity contribution in [3.63, 3.8) is 0 Å². The maximum Gasteiger partial charge on any atom is 0.325 e. The summed E-state index contributed by atoms with van der Waals surface area (Å²) in [5, 5.41) is 16.5. The fourth-order valence-electron chi connectivity index (χ4n) is 2.69. The molecule has 0 radical (unpaired) electrons. The fourth-order valence-corrected chi connectivity index (χ4v) is 4.10. The van der Waals surface area contributed by atoms with Crippen molar-refractivity contribution in [2.24, 2.45) is 7.05 Å². The van der Waals surface area contributed by atoms with Gasteiger partial charge in [0.25, 0.3) is 5.91 Å². The first-order chi connectivity index (χ1) is 12.3. The molecular weight excluding hydrogens is 364 g/mol. The number of amides is 1. The first kappa shape index (κ1) is 18.1. The lowest BCUT2D eigenvalue weighted by atomic mass is 10.2. The van der Waals surface area contributed by atoms with E-state index in [1.54, 1.807) is 7.05 Å². The molecule has 140 valence electrons. The summed E-state index contributed by atoms with van der Waals surface area (Å²) in [5.41, 5.74) is 0.273. The molecule has 2 aromatic heterocycles. The van der Waals surface area contributed by atoms with Crippen LogP contribution in [0.4, 0.5) is 0 Å². The van der Waals surface area contributed by atoms with E-state index in [-0.39, 0.29) is 49.1 Å². The van der Waals surface area contributed by atoms with Crippen molar-refractivity contribution >= 4 is 21.9 Å². The second kappa shape index (κ2) is 6.88. The van der Waals surface area contributed by atoms with E-state index < -0.39 is 16.0 Å². The molecule has 0 saturated carbocycles. The molecule has 1 saturated heterocycles. The van der Waals surface area contributed by atoms with E-state index in [0.29, 0.717) is 0 Å². The second-order valence-electron chi connectivity index (χ2n) is 5.87. The summed E-state index contributed by atoms with van der Waals surface area (Å²) in [7, 11) is -1.99. The molecule has 12 heteroatoms. The topological polar surface area (TPSA) is 131 Å². The van der Waals surface area contributed by atoms with Crippen molar-refractivity contribution in [3.05, 3.63) is 30.4 Å². The van der Waals surface area contributed by atoms with Crippen molar-refractivity contribution in [2.45, 2.75) is 11.4 Å². The Hall–Kier alpha value is -2.73. The smallest absolute Gasteiger partial charge is 0.325 e. The van der Waals surface area contributed by atoms with E-state index in [1.807, 2.05) is 0 Å². The average Bonchev–Trinajstić information content (AvgIpc) is 3.23. The largest absolute Gasteiger partial charge is 0.480 e. The quantitative estimate of drug-likeness (QED) is 0.691. The van der Waals surface area contributed by atoms with E-state index in [0.717, 1.165) is 0 Å². The molecule has 1 fully saturated rings. The predicted octanol–water partition coefficient (Wildman–Crippen LogP) is -1.15. The minimum Gasteiger partial charge on any atom is -0.480 e. The molecule has 0 atom stereocenters. The van der Waals surface area contributed by atoms with Crippen LogP contribution in [0.1, 0.15) is 10.4 Å². The maximum atomic E-state index is 12.6. The number of hydrogen-bond acceptors (Lipinski definition) is 6. The van der Waals surface area contributed by atoms with Crippen LogP contribution in [0.2, 0.25) is 0 Å². The van der Waals surface area contributed by atoms with Gasteiger partial charge < -0.3 is 10.0 Å². The number of carbonyl (C=O) groups is 2. The Morgan fingerprint density at radius 1 is 1.12 bits per heavy atom. The zero-order chi connectivity index (χ0) is 18.9. The lowest BCUT2D eigenvalue weighted by Gasteiger charge is -2.33. The van der Waals surface area contributed by atoms with E-state index in [9.17, 15) is 18.0 Å². The number of aromatic nitrogens is 4. The molecule has 0 spiro atoms. The number of aliphatic carboxylic acids is 1. The zero-order valence-corrected chi connectivity index (χ0v) is 14.8. The van der Waals surface area contributed by atoms with E-state index >= 15 is 0 Å². The van der Waals surface area contributed by atoms with Gasteiger partial charge >= 0.3 is 5.97 Å². The molecule has 11 nitrogen and oxygen atoms in total. The Balaban J connectivity index is 1.64. The number of piperazine rings is 1. The summed E-state index contributed by atoms with van der Waals surface area (Å²) in [5.74, 6) is -1.36. The molecule has 0 aliphatic carbocycles. The van der Waals surface area contributed by atoms with Gasteiger partial charge in [-0.1, -0.05) is 0 Å². The summed E-state index contributed by atoms with van der Waals surface area (Å²) < 4.78 is 29.0. The highest BCUT2D eigenvalue weighted by molar-refractivity contribution is 7.89. The van der Waals surface area contributed by atoms with Crippen molar-refractivity contribution in [2.75, 3.05) is 26.2 Å². The van der Waals surface area contributed by atoms with E-state index in [2.05, 4.69) is 10.2 Å². The van der Waals surface area contributed by atoms with Gasteiger partial charge in [-0.2, -0.15) is 14.5 Å². The third-order valence-electron chi connectivity index (χ3n) is 4.02. The van der Waals surface area contributed by atoms with E-state index in [1.165, 1.54) is 43.4 Å². The summed E-state index contributed by atoms with van der Waals surface area (Å²) >= 11 is 0. The van der Waals surface area contributed by atoms with Gasteiger partial charge in [-0.05, 0) is 0 Å². The molecule has 1 aliphatic rings. The third kappa shape index (κ3) is 3.60. The van der Waals surface area contributed by atoms with Crippen LogP contribution in [-0.2, 0) is 28.4 Å². The molecule has 0 unspecified atom stereocenters. The average molecular weight is 382 g/mol. The highest BCUT2D eigenvalue weighted by atomic mass is 32.2. The van der Waals surface area contributed by atoms with Gasteiger partial charge in [0.05, 0.1) is 18.0 Å². The molecule has 3 heterocycles. The number of hydrogen-bond donors (Lipinski definition) is 1. The minimum absolute atomic E-state index is 0.120. The van der Waals surface area contributed by atoms with E-state index in [4.69, 9.17) is 5.11 Å². The summed E-state index contributed by atoms with van der Waals surface area (Å²) in [6, 6.07) is 0. The molecule has 1 N–H and O–H groups in total. The molecule has 1 aliphatic heterocycles. The molecule has 0 aromatic carbocycles. The van der Waals surface area contributed by atoms with Crippen molar-refractivity contribution in [1.82, 2.24) is 28.8 Å². The number of rotatable bonds is 5. The van der Waals surface area contributed by atoms with Gasteiger partial charge in [0.15, 0.2) is 0 Å². The molecule has 26 heavy (non-hydrogen) atoms. The van der Waals surface area contributed by atoms with Crippen LogP contribution in [0.3, 0.4) is 0 Å². The molecular formula is C14H18N6O5S. The Morgan fingerprint density at radius 3 is 2.38 bits per heavy atom. The van der Waals surface area contributed by atoms with Crippen molar-refractivity contribution in [1.29, 1.82) is 0 Å². The van der Waals surface area contributed by atoms with Crippen molar-refractivity contribution < 1.29 is 23.1 Å². The van der Waals surface area contributed by atoms with Gasteiger partial charge in [0.1, 0.15) is 11.4 Å². The zero-order valence-electron chi connectivity index (χ0n) is 14.0. The number of nitrogens with zero attached hydrogens (tertiary/aromatic N) is 6. The van der Waals surface area contributed by atoms with Crippen LogP contribution in [0.15, 0.2) is 29.7 Å². The lowest BCUT2D eigenvalue weighted by Crippen LogP contribution is -2.50. The number of sulfonamides is 1. The summed E-state index contributed by atoms with van der Waals surface area (Å²) in [4.78, 5) is 24.8. The van der Waals surface area contributed by atoms with Gasteiger partial charge in [-0.3, -0.25) is 19.0 Å². The van der Waals surface area contributed by atoms with Gasteiger partial charge in [0.2, 0.25) is 10.0 Å². The van der Waals surface area contributed by atoms with Crippen LogP contribution in [0, 0.1) is 0 Å². The van der Waals surface area contributed by atoms with Crippen LogP contribution < -0.4 is 0 Å². The Kier molecular flexibility index (Phi) is 4.78. The number of carboxylic acid groups (broad SMARTS) is 1. The predicted molar refractivity (Wildman–Crippen MR) is 87.7 cm³/mol. The highest BCUT2D eigenvalue weighted by Crippen LogP contribution is 2.17. The lowest BCUT2D eigenvalue weighted by molar-refractivity contribution is -0.137. The Labute approximate surface area is 149 Å². The first-order valence-electron chi connectivity index (χ1n) is 7.79. The first-order valence-corrected chi connectivity index (χ1v) is 9.23. The maximum absolute atomic E-state index is 12.6. The monoisotopic (exact) mass is 382 g/mol. The standard InChI is InChI=1S/C14H18N6O5S/c1-17-9-12(7-15-17)26(24,25)20-4-2-18(3-5-20)14(23)11-6-16-19(8-11)10-13(21)22/h6-9H,2-5,10H2,1H3,(H,21,22). The van der Waals surface area contributed by atoms with Crippen LogP contribution in [0.25, 0.3) is 0 Å². The summed E-state index contributed by atoms with van der Waals surface area (Å²) in [6.45, 7) is 0.494. The SMILES string of the molecule is Cn1cc(S(=O)(=O)N2CCN(C(=O)c3cnn(CC(=O)O)c3)CC2)cn1. The molecule has 0 bridgehead atoms. The number of aryl methyl sites for hydroxylation is 1. The number of carboxylic acids is 1. The molecule has 2 aromatic rings. The van der Waals surface area contributed by atoms with Crippen molar-refractivity contribution in [3.8, 4) is 0 Å². The number of carbonyl (C=O) groups excluding carboxylic acids is 1. The van der Waals surface area contributed by atoms with Gasteiger partial charge in [-0.15, -0.1) is 0 Å². The van der Waals surface area contributed by atoms with Crippen LogP contribution in [0.5, 0.6) is 0 Å². The molecule has 3 rings (SSSR count). The summed E-state index contributed by atoms with van der Waals surface area (Å²) in [6.07, 6.45) is 5.41. The Bertz CT molecular complexity index is 925. The third-order valence-corrected chi connectivity index (χ3v) is 5.87. The molecule has 1 amide bonds. The van der Waals surface area contributed by atoms with Gasteiger partial charge in [0, 0.05) is 45.6 Å². The van der Waals surface area contributed by atoms with Crippen LogP contribution >= 0.6 is 0 Å². The normalized spacial score (nSPS) is 16.0. The second-order valence-corrected chi connectivity index (χ2v) is 7.80. The fraction of sp³-hybridized carbons (Fsp3) is 0.429. The minimum atomic E-state index is -3.63. The Morgan fingerprint density at radius 2 is 1.81 bits per heavy atom.